The van der Waals surface area contributed by atoms with Crippen LogP contribution in [0.1, 0.15) is 52.2 Å². The number of halogens is 1. The van der Waals surface area contributed by atoms with Crippen molar-refractivity contribution < 1.29 is 19.0 Å². The summed E-state index contributed by atoms with van der Waals surface area (Å²) >= 11 is 0. The van der Waals surface area contributed by atoms with Gasteiger partial charge in [0.2, 0.25) is 0 Å². The Morgan fingerprint density at radius 2 is 1.86 bits per heavy atom. The lowest BCUT2D eigenvalue weighted by molar-refractivity contribution is 0.0691. The van der Waals surface area contributed by atoms with Gasteiger partial charge in [-0.05, 0) is 61.7 Å². The average Bonchev–Trinajstić information content (AvgIpc) is 3.23. The maximum atomic E-state index is 14.3. The number of ether oxygens (including phenoxy) is 1. The number of hydrogen-bond donors (Lipinski definition) is 2. The Hall–Kier alpha value is -3.98. The highest BCUT2D eigenvalue weighted by molar-refractivity contribution is 5.88. The van der Waals surface area contributed by atoms with Crippen LogP contribution in [0.2, 0.25) is 0 Å². The molecule has 2 N–H and O–H groups in total. The molecule has 0 aliphatic carbocycles. The number of anilines is 1. The summed E-state index contributed by atoms with van der Waals surface area (Å²) in [6.45, 7) is 2.89. The highest BCUT2D eigenvalue weighted by Gasteiger charge is 2.29. The Kier molecular flexibility index (Phi) is 6.00. The first-order valence-electron chi connectivity index (χ1n) is 12.5. The van der Waals surface area contributed by atoms with Crippen molar-refractivity contribution in [2.45, 2.75) is 31.3 Å². The van der Waals surface area contributed by atoms with Gasteiger partial charge in [0.25, 0.3) is 0 Å². The van der Waals surface area contributed by atoms with Crippen LogP contribution in [0.15, 0.2) is 54.6 Å². The molecule has 37 heavy (non-hydrogen) atoms. The van der Waals surface area contributed by atoms with Crippen molar-refractivity contribution in [3.63, 3.8) is 0 Å². The number of carboxylic acid groups (broad SMARTS) is 1. The van der Waals surface area contributed by atoms with Crippen molar-refractivity contribution in [2.24, 2.45) is 7.05 Å². The van der Waals surface area contributed by atoms with Crippen molar-refractivity contribution in [2.75, 3.05) is 25.0 Å². The summed E-state index contributed by atoms with van der Waals surface area (Å²) in [5.41, 5.74) is 4.02. The van der Waals surface area contributed by atoms with Crippen LogP contribution in [0.3, 0.4) is 0 Å². The summed E-state index contributed by atoms with van der Waals surface area (Å²) < 4.78 is 22.4. The third-order valence-corrected chi connectivity index (χ3v) is 7.47. The lowest BCUT2D eigenvalue weighted by Crippen LogP contribution is -2.33. The molecule has 0 saturated carbocycles. The second-order valence-electron chi connectivity index (χ2n) is 9.74. The van der Waals surface area contributed by atoms with E-state index in [1.807, 2.05) is 29.8 Å². The van der Waals surface area contributed by atoms with E-state index in [-0.39, 0.29) is 17.6 Å². The number of para-hydroxylation sites is 1. The van der Waals surface area contributed by atoms with Crippen molar-refractivity contribution in [1.82, 2.24) is 19.4 Å². The van der Waals surface area contributed by atoms with Gasteiger partial charge in [-0.25, -0.2) is 19.2 Å². The minimum absolute atomic E-state index is 0.0194. The van der Waals surface area contributed by atoms with E-state index in [4.69, 9.17) is 9.72 Å². The number of hydrogen-bond acceptors (Lipinski definition) is 6. The van der Waals surface area contributed by atoms with Gasteiger partial charge in [-0.3, -0.25) is 4.90 Å². The number of aromatic nitrogens is 3. The Bertz CT molecular complexity index is 1480. The summed E-state index contributed by atoms with van der Waals surface area (Å²) in [7, 11) is 1.88. The van der Waals surface area contributed by atoms with Crippen molar-refractivity contribution >= 4 is 22.8 Å². The van der Waals surface area contributed by atoms with E-state index in [0.717, 1.165) is 43.2 Å². The van der Waals surface area contributed by atoms with Crippen molar-refractivity contribution in [3.05, 3.63) is 83.1 Å². The monoisotopic (exact) mass is 501 g/mol. The first-order valence-corrected chi connectivity index (χ1v) is 12.5. The van der Waals surface area contributed by atoms with E-state index in [2.05, 4.69) is 21.3 Å². The fourth-order valence-corrected chi connectivity index (χ4v) is 5.45. The van der Waals surface area contributed by atoms with Gasteiger partial charge >= 0.3 is 5.97 Å². The number of carbonyl (C=O) groups is 1. The molecule has 8 nitrogen and oxygen atoms in total. The Balaban J connectivity index is 1.14. The molecular weight excluding hydrogens is 473 g/mol. The van der Waals surface area contributed by atoms with Gasteiger partial charge in [0.1, 0.15) is 29.5 Å². The average molecular weight is 502 g/mol. The van der Waals surface area contributed by atoms with E-state index in [0.29, 0.717) is 35.8 Å². The number of aryl methyl sites for hydroxylation is 1. The zero-order valence-electron chi connectivity index (χ0n) is 20.5. The van der Waals surface area contributed by atoms with E-state index in [1.165, 1.54) is 17.7 Å². The van der Waals surface area contributed by atoms with Gasteiger partial charge in [-0.15, -0.1) is 0 Å². The second kappa shape index (κ2) is 9.48. The quantitative estimate of drug-likeness (QED) is 0.408. The molecule has 2 aliphatic rings. The van der Waals surface area contributed by atoms with Crippen LogP contribution in [0.5, 0.6) is 5.75 Å². The van der Waals surface area contributed by atoms with Gasteiger partial charge in [0.05, 0.1) is 18.3 Å². The summed E-state index contributed by atoms with van der Waals surface area (Å²) in [5, 5.41) is 12.7. The van der Waals surface area contributed by atoms with Crippen molar-refractivity contribution in [1.29, 1.82) is 0 Å². The predicted molar refractivity (Wildman–Crippen MR) is 137 cm³/mol. The fraction of sp³-hybridized carbons (Fsp3) is 0.321. The molecule has 2 aromatic heterocycles. The highest BCUT2D eigenvalue weighted by Crippen LogP contribution is 2.42. The van der Waals surface area contributed by atoms with Crippen LogP contribution >= 0.6 is 0 Å². The van der Waals surface area contributed by atoms with Crippen LogP contribution < -0.4 is 10.1 Å². The van der Waals surface area contributed by atoms with Crippen LogP contribution in [0, 0.1) is 5.82 Å². The molecule has 1 atom stereocenters. The van der Waals surface area contributed by atoms with E-state index < -0.39 is 5.97 Å². The number of pyridine rings is 1. The number of aromatic carboxylic acids is 1. The minimum Gasteiger partial charge on any atom is -0.489 e. The Morgan fingerprint density at radius 3 is 2.65 bits per heavy atom. The smallest absolute Gasteiger partial charge is 0.354 e. The molecule has 4 heterocycles. The number of carboxylic acids is 1. The number of imidazole rings is 1. The van der Waals surface area contributed by atoms with Crippen LogP contribution in [0.25, 0.3) is 11.2 Å². The van der Waals surface area contributed by atoms with Gasteiger partial charge in [-0.1, -0.05) is 30.3 Å². The highest BCUT2D eigenvalue weighted by atomic mass is 19.1. The largest absolute Gasteiger partial charge is 0.489 e. The summed E-state index contributed by atoms with van der Waals surface area (Å²) in [6, 6.07) is 16.0. The molecule has 0 amide bonds. The topological polar surface area (TPSA) is 92.5 Å². The number of piperidine rings is 1. The molecule has 9 heteroatoms. The van der Waals surface area contributed by atoms with Gasteiger partial charge < -0.3 is 19.7 Å². The summed E-state index contributed by atoms with van der Waals surface area (Å²) in [4.78, 5) is 22.6. The van der Waals surface area contributed by atoms with E-state index >= 15 is 0 Å². The lowest BCUT2D eigenvalue weighted by Gasteiger charge is -2.35. The number of fused-ring (bicyclic) bond motifs is 2. The maximum Gasteiger partial charge on any atom is 0.354 e. The SMILES string of the molecule is Cn1c(CN2CCC(c3cccc4c3OCC(c3ccccc3F)N4)CC2)nc2ccc(C(=O)O)nc21. The number of rotatable bonds is 5. The zero-order valence-corrected chi connectivity index (χ0v) is 20.5. The first-order chi connectivity index (χ1) is 18.0. The van der Waals surface area contributed by atoms with E-state index in [1.54, 1.807) is 18.2 Å². The summed E-state index contributed by atoms with van der Waals surface area (Å²) in [6.07, 6.45) is 1.98. The number of likely N-dealkylation sites (tertiary alicyclic amines) is 1. The number of nitrogens with one attached hydrogen (secondary N) is 1. The maximum absolute atomic E-state index is 14.3. The molecule has 1 fully saturated rings. The Labute approximate surface area is 213 Å². The molecule has 1 saturated heterocycles. The second-order valence-corrected chi connectivity index (χ2v) is 9.74. The molecule has 0 spiro atoms. The minimum atomic E-state index is -1.04. The van der Waals surface area contributed by atoms with E-state index in [9.17, 15) is 14.3 Å². The lowest BCUT2D eigenvalue weighted by atomic mass is 9.88. The predicted octanol–water partition coefficient (Wildman–Crippen LogP) is 4.73. The molecule has 4 aromatic rings. The van der Waals surface area contributed by atoms with Crippen molar-refractivity contribution in [3.8, 4) is 5.75 Å². The first kappa shape index (κ1) is 23.4. The standard InChI is InChI=1S/C28H28FN5O3/c1-33-25(31-22-9-10-23(28(35)36)32-27(22)33)15-34-13-11-17(12-14-34)18-6-4-8-21-26(18)37-16-24(30-21)19-5-2-3-7-20(19)29/h2-10,17,24,30H,11-16H2,1H3,(H,35,36). The normalized spacial score (nSPS) is 18.3. The molecular formula is C28H28FN5O3. The van der Waals surface area contributed by atoms with Gasteiger partial charge in [-0.2, -0.15) is 0 Å². The van der Waals surface area contributed by atoms with Crippen LogP contribution in [-0.2, 0) is 13.6 Å². The molecule has 2 aliphatic heterocycles. The Morgan fingerprint density at radius 1 is 1.08 bits per heavy atom. The third-order valence-electron chi connectivity index (χ3n) is 7.47. The molecule has 190 valence electrons. The zero-order chi connectivity index (χ0) is 25.5. The number of benzene rings is 2. The fourth-order valence-electron chi connectivity index (χ4n) is 5.45. The molecule has 2 aromatic carbocycles. The van der Waals surface area contributed by atoms with Crippen LogP contribution in [-0.4, -0.2) is 50.2 Å². The van der Waals surface area contributed by atoms with Crippen LogP contribution in [0.4, 0.5) is 10.1 Å². The van der Waals surface area contributed by atoms with Gasteiger partial charge in [0.15, 0.2) is 11.3 Å². The number of nitrogens with zero attached hydrogens (tertiary/aromatic N) is 4. The molecule has 0 bridgehead atoms. The third kappa shape index (κ3) is 4.40. The van der Waals surface area contributed by atoms with Gasteiger partial charge in [0, 0.05) is 12.6 Å². The molecule has 6 rings (SSSR count). The molecule has 0 radical (unpaired) electrons. The summed E-state index contributed by atoms with van der Waals surface area (Å²) in [5.74, 6) is 0.848. The molecule has 1 unspecified atom stereocenters.